The van der Waals surface area contributed by atoms with E-state index in [0.717, 1.165) is 44.1 Å². The van der Waals surface area contributed by atoms with Gasteiger partial charge in [0.05, 0.1) is 43.4 Å². The fourth-order valence-electron chi connectivity index (χ4n) is 3.58. The highest BCUT2D eigenvalue weighted by molar-refractivity contribution is 6.33. The fourth-order valence-corrected chi connectivity index (χ4v) is 3.88. The van der Waals surface area contributed by atoms with Gasteiger partial charge in [0.15, 0.2) is 0 Å². The molecule has 2 heterocycles. The molecular formula is C21H24ClN6O+. The molecule has 1 aromatic heterocycles. The van der Waals surface area contributed by atoms with Gasteiger partial charge < -0.3 is 15.1 Å². The highest BCUT2D eigenvalue weighted by atomic mass is 35.5. The zero-order valence-electron chi connectivity index (χ0n) is 16.3. The molecule has 8 heteroatoms. The molecule has 0 saturated carbocycles. The van der Waals surface area contributed by atoms with Crippen molar-refractivity contribution in [1.82, 2.24) is 14.8 Å². The number of halogens is 1. The van der Waals surface area contributed by atoms with Gasteiger partial charge in [-0.25, -0.2) is 0 Å². The van der Waals surface area contributed by atoms with E-state index in [9.17, 15) is 4.79 Å². The van der Waals surface area contributed by atoms with E-state index in [0.29, 0.717) is 16.3 Å². The summed E-state index contributed by atoms with van der Waals surface area (Å²) in [6.07, 6.45) is 3.23. The summed E-state index contributed by atoms with van der Waals surface area (Å²) in [5, 5.41) is 11.2. The molecule has 0 bridgehead atoms. The van der Waals surface area contributed by atoms with E-state index in [1.54, 1.807) is 34.3 Å². The largest absolute Gasteiger partial charge is 0.359 e. The molecule has 0 radical (unpaired) electrons. The summed E-state index contributed by atoms with van der Waals surface area (Å²) in [5.41, 5.74) is 3.17. The van der Waals surface area contributed by atoms with E-state index >= 15 is 0 Å². The van der Waals surface area contributed by atoms with E-state index < -0.39 is 0 Å². The van der Waals surface area contributed by atoms with Gasteiger partial charge in [-0.15, -0.1) is 10.2 Å². The van der Waals surface area contributed by atoms with E-state index in [2.05, 4.69) is 27.3 Å². The van der Waals surface area contributed by atoms with Crippen LogP contribution >= 0.6 is 11.6 Å². The van der Waals surface area contributed by atoms with Crippen molar-refractivity contribution in [1.29, 1.82) is 0 Å². The second-order valence-electron chi connectivity index (χ2n) is 7.13. The number of hydrogen-bond acceptors (Lipinski definition) is 4. The van der Waals surface area contributed by atoms with Gasteiger partial charge in [-0.2, -0.15) is 0 Å². The van der Waals surface area contributed by atoms with Crippen molar-refractivity contribution in [2.24, 2.45) is 0 Å². The molecule has 1 amide bonds. The number of nitrogens with zero attached hydrogens (tertiary/aromatic N) is 4. The molecule has 0 unspecified atom stereocenters. The van der Waals surface area contributed by atoms with Crippen LogP contribution in [0.25, 0.3) is 5.69 Å². The highest BCUT2D eigenvalue weighted by Gasteiger charge is 2.20. The number of carbonyl (C=O) groups is 1. The molecular weight excluding hydrogens is 388 g/mol. The van der Waals surface area contributed by atoms with Crippen LogP contribution in [-0.2, 0) is 0 Å². The van der Waals surface area contributed by atoms with Gasteiger partial charge in [-0.3, -0.25) is 9.36 Å². The predicted octanol–water partition coefficient (Wildman–Crippen LogP) is 1.90. The summed E-state index contributed by atoms with van der Waals surface area (Å²) < 4.78 is 1.78. The Kier molecular flexibility index (Phi) is 5.78. The Morgan fingerprint density at radius 1 is 1.10 bits per heavy atom. The number of nitrogens with one attached hydrogen (secondary N) is 2. The van der Waals surface area contributed by atoms with Crippen LogP contribution in [0.4, 0.5) is 11.4 Å². The Bertz CT molecular complexity index is 965. The van der Waals surface area contributed by atoms with E-state index in [-0.39, 0.29) is 5.91 Å². The Morgan fingerprint density at radius 3 is 2.41 bits per heavy atom. The number of carbonyl (C=O) groups excluding carboxylic acids is 1. The number of quaternary nitrogens is 1. The first kappa shape index (κ1) is 19.4. The molecule has 2 aromatic carbocycles. The average molecular weight is 412 g/mol. The lowest BCUT2D eigenvalue weighted by molar-refractivity contribution is -0.898. The Labute approximate surface area is 174 Å². The molecule has 29 heavy (non-hydrogen) atoms. The van der Waals surface area contributed by atoms with Crippen molar-refractivity contribution in [2.45, 2.75) is 6.92 Å². The molecule has 150 valence electrons. The minimum Gasteiger partial charge on any atom is -0.359 e. The Hall–Kier alpha value is -2.90. The number of piperazine rings is 1. The fraction of sp³-hybridized carbons (Fsp3) is 0.286. The minimum atomic E-state index is -0.177. The van der Waals surface area contributed by atoms with Crippen molar-refractivity contribution in [3.05, 3.63) is 65.7 Å². The van der Waals surface area contributed by atoms with Gasteiger partial charge in [0.25, 0.3) is 5.91 Å². The minimum absolute atomic E-state index is 0.177. The topological polar surface area (TPSA) is 67.5 Å². The summed E-state index contributed by atoms with van der Waals surface area (Å²) >= 11 is 6.53. The second-order valence-corrected chi connectivity index (χ2v) is 7.53. The molecule has 0 aliphatic carbocycles. The Morgan fingerprint density at radius 2 is 1.79 bits per heavy atom. The third-order valence-electron chi connectivity index (χ3n) is 5.36. The number of amides is 1. The van der Waals surface area contributed by atoms with Crippen molar-refractivity contribution < 1.29 is 9.69 Å². The Balaban J connectivity index is 1.41. The first-order valence-electron chi connectivity index (χ1n) is 9.78. The molecule has 1 aliphatic heterocycles. The average Bonchev–Trinajstić information content (AvgIpc) is 3.29. The number of likely N-dealkylation sites (N-methyl/N-ethyl adjacent to an activating group) is 1. The lowest BCUT2D eigenvalue weighted by Crippen LogP contribution is -3.14. The molecule has 1 fully saturated rings. The molecule has 3 aromatic rings. The van der Waals surface area contributed by atoms with Crippen LogP contribution in [0.3, 0.4) is 0 Å². The zero-order chi connectivity index (χ0) is 20.2. The molecule has 1 aliphatic rings. The summed E-state index contributed by atoms with van der Waals surface area (Å²) in [7, 11) is 0. The molecule has 4 rings (SSSR count). The maximum atomic E-state index is 12.6. The van der Waals surface area contributed by atoms with Crippen LogP contribution in [0.5, 0.6) is 0 Å². The van der Waals surface area contributed by atoms with Gasteiger partial charge in [-0.1, -0.05) is 11.6 Å². The van der Waals surface area contributed by atoms with Crippen LogP contribution in [0.1, 0.15) is 17.3 Å². The van der Waals surface area contributed by atoms with Crippen LogP contribution < -0.4 is 15.1 Å². The number of hydrogen-bond donors (Lipinski definition) is 2. The van der Waals surface area contributed by atoms with Crippen molar-refractivity contribution in [3.63, 3.8) is 0 Å². The highest BCUT2D eigenvalue weighted by Crippen LogP contribution is 2.29. The SMILES string of the molecule is CC[NH+]1CCN(c2ccc(NC(=O)c3ccc(-n4cnnc4)cc3)cc2Cl)CC1. The first-order valence-corrected chi connectivity index (χ1v) is 10.2. The normalized spacial score (nSPS) is 14.8. The zero-order valence-corrected chi connectivity index (χ0v) is 17.1. The van der Waals surface area contributed by atoms with Crippen LogP contribution in [0.15, 0.2) is 55.1 Å². The quantitative estimate of drug-likeness (QED) is 0.673. The first-order chi connectivity index (χ1) is 14.1. The maximum absolute atomic E-state index is 12.6. The van der Waals surface area contributed by atoms with Crippen molar-refractivity contribution in [3.8, 4) is 5.69 Å². The number of anilines is 2. The number of benzene rings is 2. The summed E-state index contributed by atoms with van der Waals surface area (Å²) in [4.78, 5) is 16.5. The van der Waals surface area contributed by atoms with Gasteiger partial charge in [0.1, 0.15) is 12.7 Å². The van der Waals surface area contributed by atoms with Crippen LogP contribution in [-0.4, -0.2) is 53.4 Å². The smallest absolute Gasteiger partial charge is 0.255 e. The van der Waals surface area contributed by atoms with Gasteiger partial charge in [0, 0.05) is 16.9 Å². The monoisotopic (exact) mass is 411 g/mol. The lowest BCUT2D eigenvalue weighted by Gasteiger charge is -2.33. The van der Waals surface area contributed by atoms with Gasteiger partial charge in [0.2, 0.25) is 0 Å². The lowest BCUT2D eigenvalue weighted by atomic mass is 10.1. The summed E-state index contributed by atoms with van der Waals surface area (Å²) in [6, 6.07) is 13.0. The number of aromatic nitrogens is 3. The maximum Gasteiger partial charge on any atom is 0.255 e. The van der Waals surface area contributed by atoms with Gasteiger partial charge in [-0.05, 0) is 49.4 Å². The summed E-state index contributed by atoms with van der Waals surface area (Å²) in [5.74, 6) is -0.177. The second kappa shape index (κ2) is 8.63. The van der Waals surface area contributed by atoms with Crippen LogP contribution in [0.2, 0.25) is 5.02 Å². The molecule has 1 saturated heterocycles. The van der Waals surface area contributed by atoms with Crippen molar-refractivity contribution >= 4 is 28.9 Å². The molecule has 7 nitrogen and oxygen atoms in total. The van der Waals surface area contributed by atoms with E-state index in [4.69, 9.17) is 11.6 Å². The number of rotatable bonds is 5. The molecule has 0 spiro atoms. The third-order valence-corrected chi connectivity index (χ3v) is 5.67. The van der Waals surface area contributed by atoms with E-state index in [1.165, 1.54) is 0 Å². The summed E-state index contributed by atoms with van der Waals surface area (Å²) in [6.45, 7) is 7.61. The van der Waals surface area contributed by atoms with Crippen LogP contribution in [0, 0.1) is 0 Å². The van der Waals surface area contributed by atoms with Gasteiger partial charge >= 0.3 is 0 Å². The molecule has 0 atom stereocenters. The van der Waals surface area contributed by atoms with Crippen molar-refractivity contribution in [2.75, 3.05) is 42.9 Å². The molecule has 2 N–H and O–H groups in total. The predicted molar refractivity (Wildman–Crippen MR) is 114 cm³/mol. The third kappa shape index (κ3) is 4.41. The van der Waals surface area contributed by atoms with E-state index in [1.807, 2.05) is 30.3 Å². The standard InChI is InChI=1S/C21H23ClN6O/c1-2-26-9-11-27(12-10-26)20-8-5-17(13-19(20)22)25-21(29)16-3-6-18(7-4-16)28-14-23-24-15-28/h3-8,13-15H,2,9-12H2,1H3,(H,25,29)/p+1.